The number of rotatable bonds is 8. The molecule has 0 bridgehead atoms. The number of aryl methyl sites for hydroxylation is 1. The van der Waals surface area contributed by atoms with Gasteiger partial charge in [-0.3, -0.25) is 14.7 Å². The van der Waals surface area contributed by atoms with Gasteiger partial charge in [0.2, 0.25) is 0 Å². The number of fused-ring (bicyclic) bond motifs is 1. The van der Waals surface area contributed by atoms with E-state index >= 15 is 0 Å². The van der Waals surface area contributed by atoms with Crippen LogP contribution < -0.4 is 5.32 Å². The van der Waals surface area contributed by atoms with E-state index in [4.69, 9.17) is 4.74 Å². The van der Waals surface area contributed by atoms with E-state index in [2.05, 4.69) is 22.1 Å². The zero-order chi connectivity index (χ0) is 25.9. The Morgan fingerprint density at radius 3 is 2.50 bits per heavy atom. The summed E-state index contributed by atoms with van der Waals surface area (Å²) in [5, 5.41) is 3.07. The molecule has 1 aliphatic heterocycles. The van der Waals surface area contributed by atoms with Crippen molar-refractivity contribution >= 4 is 5.91 Å². The zero-order valence-electron chi connectivity index (χ0n) is 21.3. The molecule has 1 aromatic carbocycles. The summed E-state index contributed by atoms with van der Waals surface area (Å²) in [6, 6.07) is 9.78. The molecule has 0 saturated heterocycles. The predicted octanol–water partition coefficient (Wildman–Crippen LogP) is 6.14. The van der Waals surface area contributed by atoms with Crippen LogP contribution in [0.15, 0.2) is 36.5 Å². The molecule has 0 unspecified atom stereocenters. The lowest BCUT2D eigenvalue weighted by Gasteiger charge is -2.33. The number of carbonyl (C=O) groups excluding carboxylic acids is 1. The Labute approximate surface area is 211 Å². The first kappa shape index (κ1) is 26.6. The third-order valence-corrected chi connectivity index (χ3v) is 7.70. The van der Waals surface area contributed by atoms with Gasteiger partial charge < -0.3 is 10.1 Å². The third kappa shape index (κ3) is 6.09. The maximum atomic E-state index is 13.1. The molecule has 1 saturated carbocycles. The molecule has 0 spiro atoms. The number of halogens is 3. The summed E-state index contributed by atoms with van der Waals surface area (Å²) in [5.41, 5.74) is 4.63. The Hall–Kier alpha value is -2.45. The number of hydrogen-bond donors (Lipinski definition) is 1. The van der Waals surface area contributed by atoms with E-state index in [0.29, 0.717) is 31.6 Å². The van der Waals surface area contributed by atoms with Crippen molar-refractivity contribution in [3.05, 3.63) is 64.5 Å². The molecule has 5 nitrogen and oxygen atoms in total. The van der Waals surface area contributed by atoms with E-state index in [0.717, 1.165) is 35.3 Å². The van der Waals surface area contributed by atoms with Gasteiger partial charge in [-0.05, 0) is 62.1 Å². The molecule has 4 rings (SSSR count). The molecular weight excluding hydrogens is 467 g/mol. The van der Waals surface area contributed by atoms with Crippen LogP contribution in [-0.2, 0) is 11.3 Å². The number of amides is 1. The van der Waals surface area contributed by atoms with Crippen molar-refractivity contribution in [2.45, 2.75) is 70.8 Å². The lowest BCUT2D eigenvalue weighted by atomic mass is 9.81. The fourth-order valence-corrected chi connectivity index (χ4v) is 5.65. The second-order valence-electron chi connectivity index (χ2n) is 10.3. The van der Waals surface area contributed by atoms with Crippen molar-refractivity contribution < 1.29 is 22.7 Å². The van der Waals surface area contributed by atoms with Crippen LogP contribution in [0, 0.1) is 18.8 Å². The monoisotopic (exact) mass is 503 g/mol. The molecule has 2 aromatic rings. The average molecular weight is 504 g/mol. The van der Waals surface area contributed by atoms with E-state index in [1.165, 1.54) is 0 Å². The van der Waals surface area contributed by atoms with Crippen LogP contribution in [0.3, 0.4) is 0 Å². The van der Waals surface area contributed by atoms with Gasteiger partial charge in [-0.15, -0.1) is 0 Å². The number of pyridine rings is 1. The van der Waals surface area contributed by atoms with Crippen molar-refractivity contribution in [3.8, 4) is 0 Å². The second kappa shape index (κ2) is 11.3. The number of methoxy groups -OCH3 is 1. The smallest absolute Gasteiger partial charge is 0.382 e. The highest BCUT2D eigenvalue weighted by atomic mass is 19.4. The second-order valence-corrected chi connectivity index (χ2v) is 10.3. The summed E-state index contributed by atoms with van der Waals surface area (Å²) >= 11 is 0. The van der Waals surface area contributed by atoms with Crippen molar-refractivity contribution in [2.75, 3.05) is 20.3 Å². The maximum Gasteiger partial charge on any atom is 0.391 e. The molecule has 196 valence electrons. The Balaban J connectivity index is 1.42. The SMILES string of the molecule is CC[C@H]1c2ncc(C(=O)N[C@@H](COC)c3ccc(C)cc3)cc2CN1C[C@H]1CC[C@H](C(F)(F)F)CC1. The summed E-state index contributed by atoms with van der Waals surface area (Å²) in [4.78, 5) is 20.1. The largest absolute Gasteiger partial charge is 0.391 e. The van der Waals surface area contributed by atoms with E-state index in [1.807, 2.05) is 37.3 Å². The fraction of sp³-hybridized carbons (Fsp3) is 0.571. The van der Waals surface area contributed by atoms with E-state index in [1.54, 1.807) is 13.3 Å². The summed E-state index contributed by atoms with van der Waals surface area (Å²) in [5.74, 6) is -1.10. The molecule has 1 N–H and O–H groups in total. The van der Waals surface area contributed by atoms with Gasteiger partial charge in [0.25, 0.3) is 5.91 Å². The third-order valence-electron chi connectivity index (χ3n) is 7.70. The van der Waals surface area contributed by atoms with E-state index < -0.39 is 12.1 Å². The van der Waals surface area contributed by atoms with Crippen molar-refractivity contribution in [2.24, 2.45) is 11.8 Å². The first-order valence-corrected chi connectivity index (χ1v) is 12.9. The number of carbonyl (C=O) groups is 1. The van der Waals surface area contributed by atoms with Crippen LogP contribution in [0.4, 0.5) is 13.2 Å². The Morgan fingerprint density at radius 1 is 1.19 bits per heavy atom. The normalized spacial score (nSPS) is 23.3. The Kier molecular flexibility index (Phi) is 8.35. The Bertz CT molecular complexity index is 1030. The molecule has 1 amide bonds. The molecule has 2 aliphatic rings. The minimum absolute atomic E-state index is 0.131. The molecule has 8 heteroatoms. The number of nitrogens with one attached hydrogen (secondary N) is 1. The highest BCUT2D eigenvalue weighted by Crippen LogP contribution is 2.42. The van der Waals surface area contributed by atoms with Crippen LogP contribution in [0.25, 0.3) is 0 Å². The van der Waals surface area contributed by atoms with E-state index in [-0.39, 0.29) is 36.8 Å². The first-order valence-electron chi connectivity index (χ1n) is 12.9. The van der Waals surface area contributed by atoms with Gasteiger partial charge in [0.1, 0.15) is 0 Å². The Morgan fingerprint density at radius 2 is 1.89 bits per heavy atom. The molecular formula is C28H36F3N3O2. The molecule has 0 radical (unpaired) electrons. The van der Waals surface area contributed by atoms with Gasteiger partial charge in [-0.1, -0.05) is 36.8 Å². The summed E-state index contributed by atoms with van der Waals surface area (Å²) in [6.07, 6.45) is 0.0722. The van der Waals surface area contributed by atoms with Gasteiger partial charge in [-0.25, -0.2) is 0 Å². The van der Waals surface area contributed by atoms with Crippen LogP contribution in [0.5, 0.6) is 0 Å². The topological polar surface area (TPSA) is 54.5 Å². The van der Waals surface area contributed by atoms with Crippen molar-refractivity contribution in [1.82, 2.24) is 15.2 Å². The van der Waals surface area contributed by atoms with Crippen LogP contribution in [0.1, 0.15) is 83.9 Å². The molecule has 1 aliphatic carbocycles. The van der Waals surface area contributed by atoms with Gasteiger partial charge >= 0.3 is 6.18 Å². The van der Waals surface area contributed by atoms with Crippen LogP contribution in [0.2, 0.25) is 0 Å². The zero-order valence-corrected chi connectivity index (χ0v) is 21.3. The molecule has 1 aromatic heterocycles. The molecule has 36 heavy (non-hydrogen) atoms. The predicted molar refractivity (Wildman–Crippen MR) is 132 cm³/mol. The maximum absolute atomic E-state index is 13.1. The molecule has 2 atom stereocenters. The first-order chi connectivity index (χ1) is 17.2. The van der Waals surface area contributed by atoms with E-state index in [9.17, 15) is 18.0 Å². The average Bonchev–Trinajstić information content (AvgIpc) is 3.20. The van der Waals surface area contributed by atoms with Crippen LogP contribution >= 0.6 is 0 Å². The quantitative estimate of drug-likeness (QED) is 0.470. The lowest BCUT2D eigenvalue weighted by molar-refractivity contribution is -0.184. The van der Waals surface area contributed by atoms with Gasteiger partial charge in [0.15, 0.2) is 0 Å². The standard InChI is InChI=1S/C28H36F3N3O2/c1-4-25-26-22(16-34(25)15-19-7-11-23(12-8-19)28(29,30)31)13-21(14-32-26)27(35)33-24(17-36-3)20-9-5-18(2)6-10-20/h5-6,9-10,13-14,19,23-25H,4,7-8,11-12,15-17H2,1-3H3,(H,33,35)/t19-,23-,24-,25-/m0/s1. The number of nitrogens with zero attached hydrogens (tertiary/aromatic N) is 2. The fourth-order valence-electron chi connectivity index (χ4n) is 5.65. The van der Waals surface area contributed by atoms with Gasteiger partial charge in [0.05, 0.1) is 35.9 Å². The summed E-state index contributed by atoms with van der Waals surface area (Å²) < 4.78 is 44.5. The lowest BCUT2D eigenvalue weighted by Crippen LogP contribution is -2.33. The number of ether oxygens (including phenoxy) is 1. The molecule has 1 fully saturated rings. The molecule has 2 heterocycles. The number of alkyl halides is 3. The van der Waals surface area contributed by atoms with Crippen molar-refractivity contribution in [1.29, 1.82) is 0 Å². The minimum atomic E-state index is -4.08. The number of hydrogen-bond acceptors (Lipinski definition) is 4. The minimum Gasteiger partial charge on any atom is -0.382 e. The van der Waals surface area contributed by atoms with Gasteiger partial charge in [-0.2, -0.15) is 13.2 Å². The van der Waals surface area contributed by atoms with Crippen LogP contribution in [-0.4, -0.2) is 42.2 Å². The number of benzene rings is 1. The van der Waals surface area contributed by atoms with Gasteiger partial charge in [0, 0.05) is 26.4 Å². The summed E-state index contributed by atoms with van der Waals surface area (Å²) in [6.45, 7) is 5.91. The number of aromatic nitrogens is 1. The highest BCUT2D eigenvalue weighted by molar-refractivity contribution is 5.94. The summed E-state index contributed by atoms with van der Waals surface area (Å²) in [7, 11) is 1.61. The highest BCUT2D eigenvalue weighted by Gasteiger charge is 2.42. The van der Waals surface area contributed by atoms with Crippen molar-refractivity contribution in [3.63, 3.8) is 0 Å².